The van der Waals surface area contributed by atoms with Crippen LogP contribution in [0.25, 0.3) is 0 Å². The molecule has 0 radical (unpaired) electrons. The maximum absolute atomic E-state index is 12.3. The fraction of sp³-hybridized carbons (Fsp3) is 0.250. The van der Waals surface area contributed by atoms with Gasteiger partial charge in [0, 0.05) is 12.7 Å². The summed E-state index contributed by atoms with van der Waals surface area (Å²) in [7, 11) is 0. The van der Waals surface area contributed by atoms with Gasteiger partial charge in [-0.1, -0.05) is 0 Å². The van der Waals surface area contributed by atoms with Gasteiger partial charge in [0.1, 0.15) is 6.07 Å². The van der Waals surface area contributed by atoms with Gasteiger partial charge in [-0.3, -0.25) is 4.98 Å². The molecule has 4 N–H and O–H groups in total. The molecule has 0 bridgehead atoms. The number of hydrogen-bond acceptors (Lipinski definition) is 4. The average Bonchev–Trinajstić information content (AvgIpc) is 2.16. The molecular weight excluding hydrogens is 190 g/mol. The summed E-state index contributed by atoms with van der Waals surface area (Å²) in [4.78, 5) is 3.64. The van der Waals surface area contributed by atoms with Gasteiger partial charge in [0.05, 0.1) is 22.5 Å². The first-order chi connectivity index (χ1) is 6.61. The molecule has 0 spiro atoms. The molecule has 4 nitrogen and oxygen atoms in total. The third-order valence-electron chi connectivity index (χ3n) is 1.77. The minimum Gasteiger partial charge on any atom is -0.397 e. The summed E-state index contributed by atoms with van der Waals surface area (Å²) >= 11 is 0. The Labute approximate surface area is 79.1 Å². The summed E-state index contributed by atoms with van der Waals surface area (Å²) in [5.74, 6) is 0. The largest absolute Gasteiger partial charge is 0.397 e. The number of alkyl halides is 2. The highest BCUT2D eigenvalue weighted by Gasteiger charge is 2.17. The lowest BCUT2D eigenvalue weighted by Gasteiger charge is -2.08. The van der Waals surface area contributed by atoms with Gasteiger partial charge in [-0.2, -0.15) is 5.26 Å². The first-order valence-electron chi connectivity index (χ1n) is 3.77. The molecule has 0 atom stereocenters. The third-order valence-corrected chi connectivity index (χ3v) is 1.77. The van der Waals surface area contributed by atoms with E-state index in [9.17, 15) is 8.78 Å². The van der Waals surface area contributed by atoms with E-state index in [1.54, 1.807) is 6.07 Å². The molecule has 0 amide bonds. The summed E-state index contributed by atoms with van der Waals surface area (Å²) in [6.07, 6.45) is -1.79. The van der Waals surface area contributed by atoms with E-state index >= 15 is 0 Å². The molecule has 0 unspecified atom stereocenters. The highest BCUT2D eigenvalue weighted by molar-refractivity contribution is 5.60. The van der Waals surface area contributed by atoms with Crippen molar-refractivity contribution >= 4 is 5.69 Å². The van der Waals surface area contributed by atoms with Crippen molar-refractivity contribution < 1.29 is 8.78 Å². The normalized spacial score (nSPS) is 10.2. The van der Waals surface area contributed by atoms with Crippen LogP contribution in [0.3, 0.4) is 0 Å². The molecule has 14 heavy (non-hydrogen) atoms. The van der Waals surface area contributed by atoms with Gasteiger partial charge < -0.3 is 11.5 Å². The molecule has 0 aliphatic rings. The van der Waals surface area contributed by atoms with Gasteiger partial charge in [-0.25, -0.2) is 8.78 Å². The Hall–Kier alpha value is -1.74. The van der Waals surface area contributed by atoms with Crippen molar-refractivity contribution in [2.75, 3.05) is 5.73 Å². The lowest BCUT2D eigenvalue weighted by Crippen LogP contribution is -2.08. The van der Waals surface area contributed by atoms with Crippen LogP contribution in [0.2, 0.25) is 0 Å². The number of hydrogen-bond donors (Lipinski definition) is 2. The minimum absolute atomic E-state index is 0.00336. The van der Waals surface area contributed by atoms with Crippen molar-refractivity contribution in [3.05, 3.63) is 23.0 Å². The van der Waals surface area contributed by atoms with Crippen molar-refractivity contribution in [2.24, 2.45) is 5.73 Å². The minimum atomic E-state index is -2.73. The van der Waals surface area contributed by atoms with Gasteiger partial charge in [0.25, 0.3) is 6.43 Å². The molecule has 1 heterocycles. The third kappa shape index (κ3) is 1.63. The molecule has 0 fully saturated rings. The maximum Gasteiger partial charge on any atom is 0.267 e. The first kappa shape index (κ1) is 10.3. The molecule has 0 aromatic carbocycles. The second-order valence-electron chi connectivity index (χ2n) is 2.57. The molecule has 1 rings (SSSR count). The summed E-state index contributed by atoms with van der Waals surface area (Å²) in [6, 6.07) is 1.71. The fourth-order valence-electron chi connectivity index (χ4n) is 1.03. The van der Waals surface area contributed by atoms with Crippen LogP contribution in [0, 0.1) is 11.3 Å². The number of nitrogens with zero attached hydrogens (tertiary/aromatic N) is 2. The molecule has 0 aliphatic heterocycles. The smallest absolute Gasteiger partial charge is 0.267 e. The number of aromatic nitrogens is 1. The van der Waals surface area contributed by atoms with Crippen LogP contribution in [0.4, 0.5) is 14.5 Å². The van der Waals surface area contributed by atoms with Gasteiger partial charge in [-0.15, -0.1) is 0 Å². The first-order valence-corrected chi connectivity index (χ1v) is 3.77. The number of nitrogens with two attached hydrogens (primary N) is 2. The molecule has 0 saturated carbocycles. The van der Waals surface area contributed by atoms with E-state index in [2.05, 4.69) is 4.98 Å². The zero-order chi connectivity index (χ0) is 10.7. The zero-order valence-corrected chi connectivity index (χ0v) is 7.17. The number of rotatable bonds is 2. The summed E-state index contributed by atoms with van der Waals surface area (Å²) in [5, 5.41) is 8.67. The summed E-state index contributed by atoms with van der Waals surface area (Å²) < 4.78 is 24.6. The van der Waals surface area contributed by atoms with Crippen LogP contribution in [0.15, 0.2) is 6.20 Å². The SMILES string of the molecule is N#Cc1c(CN)ncc(C(F)F)c1N. The average molecular weight is 198 g/mol. The Morgan fingerprint density at radius 3 is 2.64 bits per heavy atom. The summed E-state index contributed by atoms with van der Waals surface area (Å²) in [6.45, 7) is -0.00336. The second-order valence-corrected chi connectivity index (χ2v) is 2.57. The Morgan fingerprint density at radius 1 is 1.57 bits per heavy atom. The van der Waals surface area contributed by atoms with E-state index in [1.807, 2.05) is 0 Å². The maximum atomic E-state index is 12.3. The van der Waals surface area contributed by atoms with Crippen molar-refractivity contribution in [3.63, 3.8) is 0 Å². The van der Waals surface area contributed by atoms with Crippen LogP contribution in [-0.4, -0.2) is 4.98 Å². The highest BCUT2D eigenvalue weighted by atomic mass is 19.3. The van der Waals surface area contributed by atoms with E-state index in [0.717, 1.165) is 6.20 Å². The van der Waals surface area contributed by atoms with E-state index in [1.165, 1.54) is 0 Å². The standard InChI is InChI=1S/C8H8F2N4/c9-8(10)5-3-14-6(2-12)4(1-11)7(5)13/h3,8H,2,12H2,(H2,13,14). The van der Waals surface area contributed by atoms with Crippen LogP contribution in [-0.2, 0) is 6.54 Å². The number of pyridine rings is 1. The second kappa shape index (κ2) is 3.98. The lowest BCUT2D eigenvalue weighted by molar-refractivity contribution is 0.152. The molecule has 1 aromatic rings. The van der Waals surface area contributed by atoms with E-state index < -0.39 is 12.0 Å². The van der Waals surface area contributed by atoms with Gasteiger partial charge in [-0.05, 0) is 0 Å². The van der Waals surface area contributed by atoms with Crippen molar-refractivity contribution in [2.45, 2.75) is 13.0 Å². The lowest BCUT2D eigenvalue weighted by atomic mass is 10.1. The van der Waals surface area contributed by atoms with Crippen molar-refractivity contribution in [3.8, 4) is 6.07 Å². The Bertz CT molecular complexity index is 384. The number of nitriles is 1. The predicted molar refractivity (Wildman–Crippen MR) is 46.2 cm³/mol. The number of anilines is 1. The van der Waals surface area contributed by atoms with Gasteiger partial charge in [0.15, 0.2) is 0 Å². The van der Waals surface area contributed by atoms with E-state index in [4.69, 9.17) is 16.7 Å². The summed E-state index contributed by atoms with van der Waals surface area (Å²) in [5.41, 5.74) is 10.1. The molecule has 74 valence electrons. The molecule has 0 aliphatic carbocycles. The predicted octanol–water partition coefficient (Wildman–Crippen LogP) is 0.932. The fourth-order valence-corrected chi connectivity index (χ4v) is 1.03. The molecule has 1 aromatic heterocycles. The van der Waals surface area contributed by atoms with Crippen LogP contribution in [0.1, 0.15) is 23.2 Å². The van der Waals surface area contributed by atoms with Crippen molar-refractivity contribution in [1.82, 2.24) is 4.98 Å². The van der Waals surface area contributed by atoms with Gasteiger partial charge in [0.2, 0.25) is 0 Å². The van der Waals surface area contributed by atoms with E-state index in [0.29, 0.717) is 0 Å². The zero-order valence-electron chi connectivity index (χ0n) is 7.17. The van der Waals surface area contributed by atoms with Crippen LogP contribution >= 0.6 is 0 Å². The van der Waals surface area contributed by atoms with Gasteiger partial charge >= 0.3 is 0 Å². The van der Waals surface area contributed by atoms with Crippen LogP contribution < -0.4 is 11.5 Å². The van der Waals surface area contributed by atoms with Crippen molar-refractivity contribution in [1.29, 1.82) is 5.26 Å². The highest BCUT2D eigenvalue weighted by Crippen LogP contribution is 2.27. The quantitative estimate of drug-likeness (QED) is 0.739. The monoisotopic (exact) mass is 198 g/mol. The molecular formula is C8H8F2N4. The van der Waals surface area contributed by atoms with Crippen LogP contribution in [0.5, 0.6) is 0 Å². The molecule has 6 heteroatoms. The number of halogens is 2. The Kier molecular flexibility index (Phi) is 2.94. The Balaban J connectivity index is 3.37. The Morgan fingerprint density at radius 2 is 2.21 bits per heavy atom. The topological polar surface area (TPSA) is 88.7 Å². The molecule has 0 saturated heterocycles. The van der Waals surface area contributed by atoms with E-state index in [-0.39, 0.29) is 23.5 Å². The number of nitrogen functional groups attached to an aromatic ring is 1.